The lowest BCUT2D eigenvalue weighted by molar-refractivity contribution is -0.137. The number of alkyl halides is 3. The molecular weight excluding hydrogens is 409 g/mol. The number of aromatic nitrogens is 2. The van der Waals surface area contributed by atoms with Gasteiger partial charge in [-0.25, -0.2) is 4.98 Å². The predicted molar refractivity (Wildman–Crippen MR) is 107 cm³/mol. The number of imidazole rings is 1. The Bertz CT molecular complexity index is 1090. The van der Waals surface area contributed by atoms with Gasteiger partial charge in [0.15, 0.2) is 5.82 Å². The lowest BCUT2D eigenvalue weighted by atomic mass is 10.0. The molecule has 6 nitrogen and oxygen atoms in total. The molecule has 0 atom stereocenters. The monoisotopic (exact) mass is 432 g/mol. The SMILES string of the molecule is Cn1c(C(=O)N2CCN(C3CC=CC3)C(=O)C2)nc2c(C(F)(F)F)cc(C3CC3)cc21. The molecule has 3 aliphatic rings. The van der Waals surface area contributed by atoms with E-state index in [1.807, 2.05) is 12.2 Å². The summed E-state index contributed by atoms with van der Waals surface area (Å²) in [7, 11) is 1.56. The van der Waals surface area contributed by atoms with E-state index in [1.165, 1.54) is 15.5 Å². The van der Waals surface area contributed by atoms with E-state index in [0.717, 1.165) is 25.7 Å². The summed E-state index contributed by atoms with van der Waals surface area (Å²) < 4.78 is 42.6. The van der Waals surface area contributed by atoms with Crippen LogP contribution in [0.4, 0.5) is 13.2 Å². The zero-order valence-corrected chi connectivity index (χ0v) is 17.2. The normalized spacial score (nSPS) is 20.3. The van der Waals surface area contributed by atoms with E-state index in [-0.39, 0.29) is 35.8 Å². The van der Waals surface area contributed by atoms with Crippen molar-refractivity contribution in [3.05, 3.63) is 41.2 Å². The van der Waals surface area contributed by atoms with Crippen molar-refractivity contribution in [2.24, 2.45) is 7.05 Å². The largest absolute Gasteiger partial charge is 0.418 e. The maximum atomic E-state index is 13.7. The molecule has 2 aromatic rings. The summed E-state index contributed by atoms with van der Waals surface area (Å²) in [5.41, 5.74) is -0.0984. The number of halogens is 3. The minimum Gasteiger partial charge on any atom is -0.336 e. The quantitative estimate of drug-likeness (QED) is 0.698. The predicted octanol–water partition coefficient (Wildman–Crippen LogP) is 3.47. The molecule has 9 heteroatoms. The number of hydrogen-bond donors (Lipinski definition) is 0. The van der Waals surface area contributed by atoms with Crippen molar-refractivity contribution in [3.63, 3.8) is 0 Å². The molecule has 1 aromatic carbocycles. The van der Waals surface area contributed by atoms with Crippen LogP contribution in [0.15, 0.2) is 24.3 Å². The number of carbonyl (C=O) groups excluding carboxylic acids is 2. The number of benzene rings is 1. The highest BCUT2D eigenvalue weighted by Crippen LogP contribution is 2.44. The summed E-state index contributed by atoms with van der Waals surface area (Å²) in [4.78, 5) is 33.1. The Morgan fingerprint density at radius 3 is 2.45 bits per heavy atom. The fourth-order valence-electron chi connectivity index (χ4n) is 4.61. The summed E-state index contributed by atoms with van der Waals surface area (Å²) in [6.07, 6.45) is 2.90. The molecule has 2 heterocycles. The van der Waals surface area contributed by atoms with Gasteiger partial charge in [0, 0.05) is 26.2 Å². The molecule has 0 spiro atoms. The molecule has 0 radical (unpaired) electrons. The van der Waals surface area contributed by atoms with Crippen LogP contribution in [0, 0.1) is 0 Å². The first-order valence-corrected chi connectivity index (χ1v) is 10.6. The first-order chi connectivity index (χ1) is 14.7. The Morgan fingerprint density at radius 1 is 1.13 bits per heavy atom. The van der Waals surface area contributed by atoms with Crippen molar-refractivity contribution in [3.8, 4) is 0 Å². The standard InChI is InChI=1S/C22H23F3N4O2/c1-27-17-11-14(13-6-7-13)10-16(22(23,24)25)19(17)26-20(27)21(31)28-8-9-29(18(30)12-28)15-4-2-3-5-15/h2-3,10-11,13,15H,4-9,12H2,1H3. The Kier molecular flexibility index (Phi) is 4.60. The zero-order chi connectivity index (χ0) is 21.9. The summed E-state index contributed by atoms with van der Waals surface area (Å²) in [6.45, 7) is 0.669. The Hall–Kier alpha value is -2.84. The Labute approximate surface area is 177 Å². The number of hydrogen-bond acceptors (Lipinski definition) is 3. The molecule has 1 saturated heterocycles. The van der Waals surface area contributed by atoms with Crippen LogP contribution in [0.25, 0.3) is 11.0 Å². The highest BCUT2D eigenvalue weighted by molar-refractivity contribution is 5.98. The molecule has 31 heavy (non-hydrogen) atoms. The minimum atomic E-state index is -4.56. The number of rotatable bonds is 3. The van der Waals surface area contributed by atoms with Crippen molar-refractivity contribution in [2.75, 3.05) is 19.6 Å². The highest BCUT2D eigenvalue weighted by atomic mass is 19.4. The van der Waals surface area contributed by atoms with Crippen LogP contribution in [-0.4, -0.2) is 56.8 Å². The van der Waals surface area contributed by atoms with Crippen LogP contribution < -0.4 is 0 Å². The van der Waals surface area contributed by atoms with E-state index in [4.69, 9.17) is 0 Å². The smallest absolute Gasteiger partial charge is 0.336 e. The maximum Gasteiger partial charge on any atom is 0.418 e. The molecule has 0 N–H and O–H groups in total. The van der Waals surface area contributed by atoms with Crippen LogP contribution in [0.3, 0.4) is 0 Å². The topological polar surface area (TPSA) is 58.4 Å². The fourth-order valence-corrected chi connectivity index (χ4v) is 4.61. The van der Waals surface area contributed by atoms with E-state index >= 15 is 0 Å². The highest BCUT2D eigenvalue weighted by Gasteiger charge is 2.38. The molecule has 2 amide bonds. The van der Waals surface area contributed by atoms with Crippen LogP contribution in [0.1, 0.15) is 53.3 Å². The maximum absolute atomic E-state index is 13.7. The number of amides is 2. The number of piperazine rings is 1. The lowest BCUT2D eigenvalue weighted by Gasteiger charge is -2.37. The third-order valence-corrected chi connectivity index (χ3v) is 6.52. The number of fused-ring (bicyclic) bond motifs is 1. The van der Waals surface area contributed by atoms with Gasteiger partial charge in [0.2, 0.25) is 5.91 Å². The molecule has 1 aliphatic heterocycles. The van der Waals surface area contributed by atoms with Crippen molar-refractivity contribution in [2.45, 2.75) is 43.8 Å². The van der Waals surface area contributed by atoms with Gasteiger partial charge in [-0.15, -0.1) is 0 Å². The van der Waals surface area contributed by atoms with E-state index in [9.17, 15) is 22.8 Å². The van der Waals surface area contributed by atoms with E-state index < -0.39 is 17.6 Å². The van der Waals surface area contributed by atoms with Gasteiger partial charge in [-0.3, -0.25) is 9.59 Å². The van der Waals surface area contributed by atoms with Crippen molar-refractivity contribution >= 4 is 22.8 Å². The van der Waals surface area contributed by atoms with Gasteiger partial charge < -0.3 is 14.4 Å². The van der Waals surface area contributed by atoms with Gasteiger partial charge >= 0.3 is 6.18 Å². The van der Waals surface area contributed by atoms with Crippen molar-refractivity contribution < 1.29 is 22.8 Å². The van der Waals surface area contributed by atoms with Gasteiger partial charge in [-0.2, -0.15) is 13.2 Å². The Morgan fingerprint density at radius 2 is 1.84 bits per heavy atom. The molecule has 0 unspecified atom stereocenters. The van der Waals surface area contributed by atoms with E-state index in [1.54, 1.807) is 18.0 Å². The average molecular weight is 432 g/mol. The summed E-state index contributed by atoms with van der Waals surface area (Å²) in [6, 6.07) is 3.01. The van der Waals surface area contributed by atoms with E-state index in [2.05, 4.69) is 4.98 Å². The van der Waals surface area contributed by atoms with E-state index in [0.29, 0.717) is 24.2 Å². The summed E-state index contributed by atoms with van der Waals surface area (Å²) >= 11 is 0. The first kappa shape index (κ1) is 20.1. The second-order valence-electron chi connectivity index (χ2n) is 8.61. The number of aryl methyl sites for hydroxylation is 1. The van der Waals surface area contributed by atoms with Gasteiger partial charge in [-0.1, -0.05) is 12.2 Å². The second-order valence-corrected chi connectivity index (χ2v) is 8.61. The fraction of sp³-hybridized carbons (Fsp3) is 0.500. The molecule has 1 aromatic heterocycles. The molecular formula is C22H23F3N4O2. The number of carbonyl (C=O) groups is 2. The molecule has 0 bridgehead atoms. The molecule has 5 rings (SSSR count). The third kappa shape index (κ3) is 3.49. The van der Waals surface area contributed by atoms with Crippen molar-refractivity contribution in [1.29, 1.82) is 0 Å². The Balaban J connectivity index is 1.45. The second kappa shape index (κ2) is 7.10. The van der Waals surface area contributed by atoms with Crippen LogP contribution in [0.5, 0.6) is 0 Å². The zero-order valence-electron chi connectivity index (χ0n) is 17.2. The van der Waals surface area contributed by atoms with Crippen LogP contribution >= 0.6 is 0 Å². The van der Waals surface area contributed by atoms with Gasteiger partial charge in [0.05, 0.1) is 11.1 Å². The number of nitrogens with zero attached hydrogens (tertiary/aromatic N) is 4. The third-order valence-electron chi connectivity index (χ3n) is 6.52. The van der Waals surface area contributed by atoms with Gasteiger partial charge in [-0.05, 0) is 49.3 Å². The lowest BCUT2D eigenvalue weighted by Crippen LogP contribution is -2.55. The minimum absolute atomic E-state index is 0.0720. The summed E-state index contributed by atoms with van der Waals surface area (Å²) in [5, 5.41) is 0. The van der Waals surface area contributed by atoms with Crippen molar-refractivity contribution in [1.82, 2.24) is 19.4 Å². The van der Waals surface area contributed by atoms with Crippen LogP contribution in [-0.2, 0) is 18.0 Å². The molecule has 2 fully saturated rings. The average Bonchev–Trinajstić information content (AvgIpc) is 3.33. The summed E-state index contributed by atoms with van der Waals surface area (Å²) in [5.74, 6) is -0.594. The van der Waals surface area contributed by atoms with Crippen LogP contribution in [0.2, 0.25) is 0 Å². The molecule has 2 aliphatic carbocycles. The molecule has 1 saturated carbocycles. The van der Waals surface area contributed by atoms with Gasteiger partial charge in [0.1, 0.15) is 12.1 Å². The van der Waals surface area contributed by atoms with Gasteiger partial charge in [0.25, 0.3) is 5.91 Å². The first-order valence-electron chi connectivity index (χ1n) is 10.6. The molecule has 164 valence electrons.